The smallest absolute Gasteiger partial charge is 0.256 e. The summed E-state index contributed by atoms with van der Waals surface area (Å²) in [6.07, 6.45) is 0.681. The van der Waals surface area contributed by atoms with Gasteiger partial charge in [-0.25, -0.2) is 0 Å². The molecule has 0 radical (unpaired) electrons. The summed E-state index contributed by atoms with van der Waals surface area (Å²) >= 11 is 0. The van der Waals surface area contributed by atoms with Crippen LogP contribution in [0.25, 0.3) is 0 Å². The zero-order valence-electron chi connectivity index (χ0n) is 17.2. The molecular weight excluding hydrogens is 314 g/mol. The predicted octanol–water partition coefficient (Wildman–Crippen LogP) is 5.12. The van der Waals surface area contributed by atoms with Crippen LogP contribution >= 0.6 is 0 Å². The van der Waals surface area contributed by atoms with E-state index in [0.29, 0.717) is 31.5 Å². The van der Waals surface area contributed by atoms with Crippen molar-refractivity contribution < 1.29 is 14.3 Å². The van der Waals surface area contributed by atoms with E-state index in [1.807, 2.05) is 39.8 Å². The summed E-state index contributed by atoms with van der Waals surface area (Å²) in [4.78, 5) is 12.8. The van der Waals surface area contributed by atoms with Crippen LogP contribution in [-0.4, -0.2) is 24.7 Å². The molecule has 4 nitrogen and oxygen atoms in total. The lowest BCUT2D eigenvalue weighted by atomic mass is 9.93. The highest BCUT2D eigenvalue weighted by Gasteiger charge is 2.34. The van der Waals surface area contributed by atoms with Gasteiger partial charge in [-0.2, -0.15) is 0 Å². The molecule has 0 heterocycles. The fourth-order valence-electron chi connectivity index (χ4n) is 3.08. The van der Waals surface area contributed by atoms with Crippen LogP contribution in [0.15, 0.2) is 12.1 Å². The van der Waals surface area contributed by atoms with Crippen molar-refractivity contribution in [1.82, 2.24) is 0 Å². The lowest BCUT2D eigenvalue weighted by molar-refractivity contribution is -0.140. The first kappa shape index (κ1) is 21.5. The van der Waals surface area contributed by atoms with Crippen molar-refractivity contribution in [1.29, 1.82) is 0 Å². The number of hydrogen-bond donors (Lipinski definition) is 1. The summed E-state index contributed by atoms with van der Waals surface area (Å²) in [5, 5.41) is 3.03. The summed E-state index contributed by atoms with van der Waals surface area (Å²) < 4.78 is 11.7. The van der Waals surface area contributed by atoms with E-state index in [1.54, 1.807) is 0 Å². The van der Waals surface area contributed by atoms with Crippen LogP contribution in [0.2, 0.25) is 0 Å². The molecule has 0 aliphatic heterocycles. The molecule has 1 rings (SSSR count). The Labute approximate surface area is 153 Å². The number of rotatable bonds is 9. The highest BCUT2D eigenvalue weighted by molar-refractivity contribution is 5.97. The quantitative estimate of drug-likeness (QED) is 0.673. The summed E-state index contributed by atoms with van der Waals surface area (Å²) in [5.41, 5.74) is 2.01. The van der Waals surface area contributed by atoms with Crippen molar-refractivity contribution in [2.24, 2.45) is 11.8 Å². The second kappa shape index (κ2) is 9.23. The van der Waals surface area contributed by atoms with Crippen molar-refractivity contribution in [3.8, 4) is 5.75 Å². The maximum atomic E-state index is 12.8. The molecule has 0 fully saturated rings. The Bertz CT molecular complexity index is 557. The van der Waals surface area contributed by atoms with Crippen LogP contribution in [0, 0.1) is 25.7 Å². The van der Waals surface area contributed by atoms with Crippen LogP contribution < -0.4 is 10.1 Å². The molecule has 0 aliphatic rings. The minimum atomic E-state index is -0.822. The van der Waals surface area contributed by atoms with E-state index >= 15 is 0 Å². The maximum absolute atomic E-state index is 12.8. The molecule has 0 aromatic heterocycles. The van der Waals surface area contributed by atoms with Gasteiger partial charge in [0.2, 0.25) is 0 Å². The molecular formula is C21H35NO3. The van der Waals surface area contributed by atoms with Crippen molar-refractivity contribution in [3.63, 3.8) is 0 Å². The highest BCUT2D eigenvalue weighted by atomic mass is 16.5. The largest absolute Gasteiger partial charge is 0.493 e. The first-order chi connectivity index (χ1) is 11.6. The molecule has 0 saturated heterocycles. The van der Waals surface area contributed by atoms with E-state index in [4.69, 9.17) is 9.47 Å². The monoisotopic (exact) mass is 349 g/mol. The Hall–Kier alpha value is -1.55. The normalized spacial score (nSPS) is 13.8. The minimum absolute atomic E-state index is 0.0994. The number of hydrogen-bond acceptors (Lipinski definition) is 3. The standard InChI is InChI=1S/C21H35NO3/c1-9-25-21(8,12-14(2)3)20(23)22-18-10-16(6)19(17(7)11-18)24-13-15(4)5/h10-11,14-15H,9,12-13H2,1-8H3,(H,22,23)/t21-/m1/s1. The fraction of sp³-hybridized carbons (Fsp3) is 0.667. The van der Waals surface area contributed by atoms with E-state index in [9.17, 15) is 4.79 Å². The number of nitrogens with one attached hydrogen (secondary N) is 1. The third-order valence-electron chi connectivity index (χ3n) is 4.02. The Morgan fingerprint density at radius 2 is 1.68 bits per heavy atom. The molecule has 1 N–H and O–H groups in total. The third kappa shape index (κ3) is 6.35. The second-order valence-electron chi connectivity index (χ2n) is 7.86. The van der Waals surface area contributed by atoms with Crippen molar-refractivity contribution in [2.45, 2.75) is 67.4 Å². The lowest BCUT2D eigenvalue weighted by Crippen LogP contribution is -2.44. The summed E-state index contributed by atoms with van der Waals surface area (Å²) in [5.74, 6) is 1.65. The summed E-state index contributed by atoms with van der Waals surface area (Å²) in [6, 6.07) is 3.92. The van der Waals surface area contributed by atoms with Gasteiger partial charge in [-0.3, -0.25) is 4.79 Å². The highest BCUT2D eigenvalue weighted by Crippen LogP contribution is 2.29. The molecule has 4 heteroatoms. The predicted molar refractivity (Wildman–Crippen MR) is 104 cm³/mol. The van der Waals surface area contributed by atoms with Gasteiger partial charge < -0.3 is 14.8 Å². The van der Waals surface area contributed by atoms with Crippen molar-refractivity contribution >= 4 is 11.6 Å². The zero-order valence-corrected chi connectivity index (χ0v) is 17.2. The lowest BCUT2D eigenvalue weighted by Gasteiger charge is -2.30. The van der Waals surface area contributed by atoms with E-state index in [0.717, 1.165) is 22.6 Å². The van der Waals surface area contributed by atoms with Gasteiger partial charge in [0.25, 0.3) is 5.91 Å². The molecule has 25 heavy (non-hydrogen) atoms. The van der Waals surface area contributed by atoms with Gasteiger partial charge >= 0.3 is 0 Å². The maximum Gasteiger partial charge on any atom is 0.256 e. The SMILES string of the molecule is CCO[C@](C)(CC(C)C)C(=O)Nc1cc(C)c(OCC(C)C)c(C)c1. The van der Waals surface area contributed by atoms with E-state index in [-0.39, 0.29) is 5.91 Å². The molecule has 1 aromatic rings. The number of ether oxygens (including phenoxy) is 2. The van der Waals surface area contributed by atoms with Crippen LogP contribution in [-0.2, 0) is 9.53 Å². The van der Waals surface area contributed by atoms with Gasteiger partial charge in [0, 0.05) is 12.3 Å². The number of aryl methyl sites for hydroxylation is 2. The number of anilines is 1. The number of carbonyl (C=O) groups excluding carboxylic acids is 1. The van der Waals surface area contributed by atoms with Crippen molar-refractivity contribution in [2.75, 3.05) is 18.5 Å². The molecule has 1 amide bonds. The Balaban J connectivity index is 2.96. The van der Waals surface area contributed by atoms with Crippen LogP contribution in [0.5, 0.6) is 5.75 Å². The summed E-state index contributed by atoms with van der Waals surface area (Å²) in [7, 11) is 0. The minimum Gasteiger partial charge on any atom is -0.493 e. The molecule has 0 saturated carbocycles. The third-order valence-corrected chi connectivity index (χ3v) is 4.02. The molecule has 0 spiro atoms. The molecule has 142 valence electrons. The zero-order chi connectivity index (χ0) is 19.2. The Morgan fingerprint density at radius 1 is 1.12 bits per heavy atom. The van der Waals surface area contributed by atoms with Gasteiger partial charge in [-0.05, 0) is 69.2 Å². The molecule has 1 atom stereocenters. The number of carbonyl (C=O) groups is 1. The second-order valence-corrected chi connectivity index (χ2v) is 7.86. The van der Waals surface area contributed by atoms with E-state index < -0.39 is 5.60 Å². The average Bonchev–Trinajstić information content (AvgIpc) is 2.45. The van der Waals surface area contributed by atoms with Crippen LogP contribution in [0.4, 0.5) is 5.69 Å². The average molecular weight is 350 g/mol. The van der Waals surface area contributed by atoms with E-state index in [2.05, 4.69) is 33.0 Å². The molecule has 0 aliphatic carbocycles. The van der Waals surface area contributed by atoms with Crippen molar-refractivity contribution in [3.05, 3.63) is 23.3 Å². The van der Waals surface area contributed by atoms with Gasteiger partial charge in [0.1, 0.15) is 11.4 Å². The molecule has 1 aromatic carbocycles. The van der Waals surface area contributed by atoms with Gasteiger partial charge in [0.15, 0.2) is 0 Å². The van der Waals surface area contributed by atoms with E-state index in [1.165, 1.54) is 0 Å². The van der Waals surface area contributed by atoms with Gasteiger partial charge in [-0.15, -0.1) is 0 Å². The topological polar surface area (TPSA) is 47.6 Å². The number of benzene rings is 1. The Kier molecular flexibility index (Phi) is 7.94. The van der Waals surface area contributed by atoms with Gasteiger partial charge in [0.05, 0.1) is 6.61 Å². The van der Waals surface area contributed by atoms with Crippen LogP contribution in [0.3, 0.4) is 0 Å². The number of amides is 1. The first-order valence-corrected chi connectivity index (χ1v) is 9.28. The fourth-order valence-corrected chi connectivity index (χ4v) is 3.08. The van der Waals surface area contributed by atoms with Gasteiger partial charge in [-0.1, -0.05) is 27.7 Å². The molecule has 0 unspecified atom stereocenters. The summed E-state index contributed by atoms with van der Waals surface area (Å²) in [6.45, 7) is 17.4. The first-order valence-electron chi connectivity index (χ1n) is 9.28. The van der Waals surface area contributed by atoms with Crippen LogP contribution in [0.1, 0.15) is 59.1 Å². The molecule has 0 bridgehead atoms. The Morgan fingerprint density at radius 3 is 2.12 bits per heavy atom.